The summed E-state index contributed by atoms with van der Waals surface area (Å²) in [4.78, 5) is 24.4. The van der Waals surface area contributed by atoms with Gasteiger partial charge in [-0.1, -0.05) is 42.5 Å². The Hall–Kier alpha value is -4.03. The number of allylic oxidation sites excluding steroid dienone is 2. The van der Waals surface area contributed by atoms with Crippen molar-refractivity contribution < 1.29 is 14.0 Å². The minimum atomic E-state index is 0.156. The summed E-state index contributed by atoms with van der Waals surface area (Å²) in [5.41, 5.74) is 8.38. The third-order valence-electron chi connectivity index (χ3n) is 7.69. The van der Waals surface area contributed by atoms with Crippen LogP contribution >= 0.6 is 0 Å². The maximum atomic E-state index is 13.6. The van der Waals surface area contributed by atoms with Crippen molar-refractivity contribution in [3.63, 3.8) is 0 Å². The predicted octanol–water partition coefficient (Wildman–Crippen LogP) is 5.30. The van der Waals surface area contributed by atoms with Crippen LogP contribution in [0.1, 0.15) is 34.5 Å². The molecule has 6 nitrogen and oxygen atoms in total. The second-order valence-corrected chi connectivity index (χ2v) is 10.4. The number of likely N-dealkylation sites (N-methyl/N-ethyl adjacent to an activating group) is 1. The highest BCUT2D eigenvalue weighted by Gasteiger charge is 2.35. The third kappa shape index (κ3) is 5.31. The lowest BCUT2D eigenvalue weighted by atomic mass is 9.94. The van der Waals surface area contributed by atoms with Gasteiger partial charge in [-0.2, -0.15) is 0 Å². The molecule has 2 aliphatic rings. The van der Waals surface area contributed by atoms with Gasteiger partial charge in [0.05, 0.1) is 26.6 Å². The maximum absolute atomic E-state index is 13.6. The number of carbonyl (C=O) groups is 1. The fourth-order valence-corrected chi connectivity index (χ4v) is 5.12. The van der Waals surface area contributed by atoms with Gasteiger partial charge in [-0.05, 0) is 66.3 Å². The average Bonchev–Trinajstić information content (AvgIpc) is 2.95. The molecular weight excluding hydrogens is 472 g/mol. The molecule has 1 atom stereocenters. The molecule has 2 aliphatic heterocycles. The van der Waals surface area contributed by atoms with Gasteiger partial charge in [0.15, 0.2) is 18.1 Å². The van der Waals surface area contributed by atoms with Gasteiger partial charge in [0.2, 0.25) is 0 Å². The van der Waals surface area contributed by atoms with E-state index in [2.05, 4.69) is 91.6 Å². The average molecular weight is 508 g/mol. The Labute approximate surface area is 225 Å². The molecule has 0 bridgehead atoms. The number of nitrogens with zero attached hydrogens (tertiary/aromatic N) is 4. The van der Waals surface area contributed by atoms with Gasteiger partial charge in [-0.3, -0.25) is 9.28 Å². The van der Waals surface area contributed by atoms with Crippen LogP contribution in [-0.4, -0.2) is 65.6 Å². The highest BCUT2D eigenvalue weighted by atomic mass is 16.5. The third-order valence-corrected chi connectivity index (χ3v) is 7.69. The molecule has 38 heavy (non-hydrogen) atoms. The van der Waals surface area contributed by atoms with Gasteiger partial charge >= 0.3 is 0 Å². The molecule has 1 unspecified atom stereocenters. The number of rotatable bonds is 6. The lowest BCUT2D eigenvalue weighted by Crippen LogP contribution is -2.51. The van der Waals surface area contributed by atoms with Crippen LogP contribution in [0.2, 0.25) is 0 Å². The summed E-state index contributed by atoms with van der Waals surface area (Å²) in [6, 6.07) is 17.1. The lowest BCUT2D eigenvalue weighted by Gasteiger charge is -2.39. The van der Waals surface area contributed by atoms with E-state index in [1.54, 1.807) is 19.5 Å². The summed E-state index contributed by atoms with van der Waals surface area (Å²) in [7, 11) is 3.77. The second-order valence-electron chi connectivity index (χ2n) is 10.4. The minimum Gasteiger partial charge on any atom is -0.494 e. The van der Waals surface area contributed by atoms with E-state index in [0.717, 1.165) is 29.8 Å². The number of ether oxygens (including phenoxy) is 1. The minimum absolute atomic E-state index is 0.156. The van der Waals surface area contributed by atoms with Crippen LogP contribution < -0.4 is 4.74 Å². The van der Waals surface area contributed by atoms with Crippen LogP contribution in [-0.2, 0) is 4.79 Å². The molecule has 0 radical (unpaired) electrons. The van der Waals surface area contributed by atoms with Crippen LogP contribution in [0.4, 0.5) is 0 Å². The highest BCUT2D eigenvalue weighted by Crippen LogP contribution is 2.35. The van der Waals surface area contributed by atoms with E-state index in [9.17, 15) is 4.79 Å². The molecule has 6 heteroatoms. The largest absolute Gasteiger partial charge is 0.494 e. The van der Waals surface area contributed by atoms with Crippen LogP contribution in [0, 0.1) is 13.8 Å². The number of carbonyl (C=O) groups excluding carboxylic acids is 1. The first-order valence-corrected chi connectivity index (χ1v) is 13.1. The molecule has 0 aliphatic carbocycles. The normalized spacial score (nSPS) is 19.4. The summed E-state index contributed by atoms with van der Waals surface area (Å²) >= 11 is 0. The Balaban J connectivity index is 1.36. The van der Waals surface area contributed by atoms with Crippen molar-refractivity contribution >= 4 is 22.8 Å². The summed E-state index contributed by atoms with van der Waals surface area (Å²) in [5, 5.41) is 0. The van der Waals surface area contributed by atoms with Crippen molar-refractivity contribution in [2.24, 2.45) is 0 Å². The first-order chi connectivity index (χ1) is 18.4. The zero-order valence-electron chi connectivity index (χ0n) is 22.6. The molecule has 194 valence electrons. The SMILES string of the molecule is COc1cnc(C2=CCN(C(=O)C[N+]3(C)CC=C(c4ccc(C)c(C)c4)C=C3c3ccccc3)CC2)nc1. The number of aromatic nitrogens is 2. The highest BCUT2D eigenvalue weighted by molar-refractivity contribution is 5.85. The maximum Gasteiger partial charge on any atom is 0.278 e. The van der Waals surface area contributed by atoms with E-state index < -0.39 is 0 Å². The van der Waals surface area contributed by atoms with Crippen LogP contribution in [0.25, 0.3) is 16.8 Å². The standard InChI is InChI=1S/C32H35N4O2/c1-23-10-11-27(18-24(23)2)28-14-17-36(3,30(19-28)25-8-6-5-7-9-25)22-31(37)35-15-12-26(13-16-35)32-33-20-29(38-4)21-34-32/h5-12,14,18-21H,13,15-17,22H2,1-4H3/q+1. The van der Waals surface area contributed by atoms with Gasteiger partial charge in [0.1, 0.15) is 12.2 Å². The molecule has 3 heterocycles. The molecule has 1 amide bonds. The molecule has 2 aromatic carbocycles. The summed E-state index contributed by atoms with van der Waals surface area (Å²) in [6.07, 6.45) is 10.7. The first-order valence-electron chi connectivity index (χ1n) is 13.1. The smallest absolute Gasteiger partial charge is 0.278 e. The van der Waals surface area contributed by atoms with Crippen molar-refractivity contribution in [1.29, 1.82) is 0 Å². The first kappa shape index (κ1) is 25.6. The molecule has 1 aromatic heterocycles. The molecule has 0 fully saturated rings. The van der Waals surface area contributed by atoms with E-state index in [1.807, 2.05) is 11.0 Å². The van der Waals surface area contributed by atoms with Crippen molar-refractivity contribution in [3.05, 3.63) is 107 Å². The van der Waals surface area contributed by atoms with Gasteiger partial charge < -0.3 is 9.64 Å². The Bertz CT molecular complexity index is 1420. The van der Waals surface area contributed by atoms with E-state index in [0.29, 0.717) is 35.7 Å². The second kappa shape index (κ2) is 10.8. The van der Waals surface area contributed by atoms with Crippen molar-refractivity contribution in [2.75, 3.05) is 40.3 Å². The lowest BCUT2D eigenvalue weighted by molar-refractivity contribution is -0.825. The molecule has 3 aromatic rings. The van der Waals surface area contributed by atoms with E-state index in [4.69, 9.17) is 4.74 Å². The zero-order chi connectivity index (χ0) is 26.7. The Morgan fingerprint density at radius 3 is 2.42 bits per heavy atom. The monoisotopic (exact) mass is 507 g/mol. The molecule has 5 rings (SSSR count). The fraction of sp³-hybridized carbons (Fsp3) is 0.281. The van der Waals surface area contributed by atoms with Gasteiger partial charge in [-0.15, -0.1) is 0 Å². The summed E-state index contributed by atoms with van der Waals surface area (Å²) in [6.45, 7) is 6.68. The Morgan fingerprint density at radius 1 is 1.00 bits per heavy atom. The number of amides is 1. The molecule has 0 spiro atoms. The zero-order valence-corrected chi connectivity index (χ0v) is 22.6. The number of quaternary nitrogens is 1. The van der Waals surface area contributed by atoms with Gasteiger partial charge in [0, 0.05) is 24.7 Å². The quantitative estimate of drug-likeness (QED) is 0.425. The molecule has 0 N–H and O–H groups in total. The van der Waals surface area contributed by atoms with Crippen molar-refractivity contribution in [3.8, 4) is 5.75 Å². The predicted molar refractivity (Wildman–Crippen MR) is 152 cm³/mol. The Morgan fingerprint density at radius 2 is 1.76 bits per heavy atom. The van der Waals surface area contributed by atoms with Crippen molar-refractivity contribution in [1.82, 2.24) is 14.9 Å². The van der Waals surface area contributed by atoms with Crippen molar-refractivity contribution in [2.45, 2.75) is 20.3 Å². The summed E-state index contributed by atoms with van der Waals surface area (Å²) in [5.74, 6) is 1.49. The van der Waals surface area contributed by atoms with E-state index >= 15 is 0 Å². The fourth-order valence-electron chi connectivity index (χ4n) is 5.12. The number of hydrogen-bond donors (Lipinski definition) is 0. The number of hydrogen-bond acceptors (Lipinski definition) is 4. The summed E-state index contributed by atoms with van der Waals surface area (Å²) < 4.78 is 5.69. The van der Waals surface area contributed by atoms with E-state index in [-0.39, 0.29) is 5.91 Å². The molecular formula is C32H35N4O2+. The van der Waals surface area contributed by atoms with Gasteiger partial charge in [0.25, 0.3) is 5.91 Å². The topological polar surface area (TPSA) is 55.3 Å². The van der Waals surface area contributed by atoms with Crippen LogP contribution in [0.3, 0.4) is 0 Å². The van der Waals surface area contributed by atoms with Crippen LogP contribution in [0.5, 0.6) is 5.75 Å². The number of aryl methyl sites for hydroxylation is 2. The molecule has 0 saturated carbocycles. The number of benzene rings is 2. The van der Waals surface area contributed by atoms with E-state index in [1.165, 1.54) is 22.3 Å². The van der Waals surface area contributed by atoms with Gasteiger partial charge in [-0.25, -0.2) is 9.97 Å². The Kier molecular flexibility index (Phi) is 7.25. The molecule has 0 saturated heterocycles. The van der Waals surface area contributed by atoms with Crippen LogP contribution in [0.15, 0.2) is 79.2 Å². The number of methoxy groups -OCH3 is 1.